The maximum absolute atomic E-state index is 13.1. The number of hydrogen-bond donors (Lipinski definition) is 1. The van der Waals surface area contributed by atoms with Crippen molar-refractivity contribution < 1.29 is 19.0 Å². The maximum atomic E-state index is 13.1. The van der Waals surface area contributed by atoms with Crippen molar-refractivity contribution in [2.45, 2.75) is 13.5 Å². The predicted molar refractivity (Wildman–Crippen MR) is 68.4 cm³/mol. The molecule has 0 atom stereocenters. The number of rotatable bonds is 3. The molecule has 2 aromatic carbocycles. The van der Waals surface area contributed by atoms with Crippen LogP contribution in [0.1, 0.15) is 21.5 Å². The van der Waals surface area contributed by atoms with Crippen LogP contribution in [0.15, 0.2) is 42.5 Å². The maximum Gasteiger partial charge on any atom is 0.338 e. The van der Waals surface area contributed by atoms with Gasteiger partial charge in [-0.3, -0.25) is 0 Å². The Morgan fingerprint density at radius 2 is 1.95 bits per heavy atom. The lowest BCUT2D eigenvalue weighted by atomic mass is 10.1. The lowest BCUT2D eigenvalue weighted by Crippen LogP contribution is -2.07. The average Bonchev–Trinajstić information content (AvgIpc) is 2.41. The van der Waals surface area contributed by atoms with E-state index in [0.717, 1.165) is 17.7 Å². The summed E-state index contributed by atoms with van der Waals surface area (Å²) in [4.78, 5) is 11.8. The molecule has 2 aromatic rings. The van der Waals surface area contributed by atoms with Crippen LogP contribution in [0.25, 0.3) is 0 Å². The second-order valence-electron chi connectivity index (χ2n) is 4.18. The molecule has 0 spiro atoms. The van der Waals surface area contributed by atoms with Gasteiger partial charge in [-0.2, -0.15) is 0 Å². The number of ether oxygens (including phenoxy) is 1. The van der Waals surface area contributed by atoms with Gasteiger partial charge < -0.3 is 9.84 Å². The first-order chi connectivity index (χ1) is 9.08. The van der Waals surface area contributed by atoms with E-state index in [0.29, 0.717) is 5.56 Å². The van der Waals surface area contributed by atoms with Crippen LogP contribution in [0.5, 0.6) is 5.75 Å². The predicted octanol–water partition coefficient (Wildman–Crippen LogP) is 3.20. The number of carbonyl (C=O) groups is 1. The molecule has 3 nitrogen and oxygen atoms in total. The second kappa shape index (κ2) is 5.52. The van der Waals surface area contributed by atoms with Crippen molar-refractivity contribution in [1.29, 1.82) is 0 Å². The van der Waals surface area contributed by atoms with E-state index in [1.165, 1.54) is 0 Å². The summed E-state index contributed by atoms with van der Waals surface area (Å²) in [5.41, 5.74) is 1.45. The van der Waals surface area contributed by atoms with Gasteiger partial charge in [-0.25, -0.2) is 9.18 Å². The first-order valence-electron chi connectivity index (χ1n) is 5.78. The zero-order valence-corrected chi connectivity index (χ0v) is 10.4. The molecule has 0 aromatic heterocycles. The van der Waals surface area contributed by atoms with E-state index in [1.54, 1.807) is 6.92 Å². The van der Waals surface area contributed by atoms with Crippen LogP contribution in [0.4, 0.5) is 4.39 Å². The smallest absolute Gasteiger partial charge is 0.338 e. The molecular weight excluding hydrogens is 247 g/mol. The number of phenolic OH excluding ortho intramolecular Hbond substituents is 1. The minimum absolute atomic E-state index is 0.136. The molecule has 0 aliphatic rings. The number of hydrogen-bond acceptors (Lipinski definition) is 3. The summed E-state index contributed by atoms with van der Waals surface area (Å²) in [7, 11) is 0. The highest BCUT2D eigenvalue weighted by atomic mass is 19.1. The number of aryl methyl sites for hydroxylation is 1. The highest BCUT2D eigenvalue weighted by Gasteiger charge is 2.14. The van der Waals surface area contributed by atoms with Crippen molar-refractivity contribution in [3.05, 3.63) is 65.0 Å². The van der Waals surface area contributed by atoms with E-state index in [-0.39, 0.29) is 12.2 Å². The Balaban J connectivity index is 2.10. The fourth-order valence-electron chi connectivity index (χ4n) is 1.68. The van der Waals surface area contributed by atoms with Crippen LogP contribution < -0.4 is 0 Å². The van der Waals surface area contributed by atoms with Gasteiger partial charge >= 0.3 is 5.97 Å². The van der Waals surface area contributed by atoms with Crippen LogP contribution >= 0.6 is 0 Å². The van der Waals surface area contributed by atoms with E-state index < -0.39 is 17.5 Å². The molecular formula is C15H13FO3. The Morgan fingerprint density at radius 1 is 1.26 bits per heavy atom. The number of carbonyl (C=O) groups excluding carboxylic acids is 1. The quantitative estimate of drug-likeness (QED) is 0.862. The molecule has 0 bridgehead atoms. The zero-order chi connectivity index (χ0) is 13.8. The molecule has 1 N–H and O–H groups in total. The second-order valence-corrected chi connectivity index (χ2v) is 4.18. The summed E-state index contributed by atoms with van der Waals surface area (Å²) in [5.74, 6) is -1.90. The van der Waals surface area contributed by atoms with Gasteiger partial charge in [-0.1, -0.05) is 30.3 Å². The SMILES string of the molecule is Cc1cc(F)c(O)cc1C(=O)OCc1ccccc1. The molecule has 0 aliphatic carbocycles. The molecule has 0 amide bonds. The fraction of sp³-hybridized carbons (Fsp3) is 0.133. The standard InChI is InChI=1S/C15H13FO3/c1-10-7-13(16)14(17)8-12(10)15(18)19-9-11-5-3-2-4-6-11/h2-8,17H,9H2,1H3. The molecule has 0 aliphatic heterocycles. The van der Waals surface area contributed by atoms with Crippen molar-refractivity contribution in [3.63, 3.8) is 0 Å². The normalized spacial score (nSPS) is 10.2. The Kier molecular flexibility index (Phi) is 3.80. The molecule has 2 rings (SSSR count). The summed E-state index contributed by atoms with van der Waals surface area (Å²) >= 11 is 0. The minimum Gasteiger partial charge on any atom is -0.505 e. The van der Waals surface area contributed by atoms with Gasteiger partial charge in [0.15, 0.2) is 11.6 Å². The molecule has 0 fully saturated rings. The van der Waals surface area contributed by atoms with Gasteiger partial charge in [0, 0.05) is 0 Å². The van der Waals surface area contributed by atoms with Crippen LogP contribution in [-0.4, -0.2) is 11.1 Å². The average molecular weight is 260 g/mol. The Labute approximate surface area is 110 Å². The summed E-state index contributed by atoms with van der Waals surface area (Å²) in [6.07, 6.45) is 0. The molecule has 0 radical (unpaired) electrons. The van der Waals surface area contributed by atoms with Crippen molar-refractivity contribution in [2.24, 2.45) is 0 Å². The monoisotopic (exact) mass is 260 g/mol. The van der Waals surface area contributed by atoms with Gasteiger partial charge in [0.25, 0.3) is 0 Å². The van der Waals surface area contributed by atoms with Gasteiger partial charge in [0.05, 0.1) is 5.56 Å². The number of aromatic hydroxyl groups is 1. The molecule has 4 heteroatoms. The van der Waals surface area contributed by atoms with Crippen LogP contribution in [0, 0.1) is 12.7 Å². The number of esters is 1. The lowest BCUT2D eigenvalue weighted by molar-refractivity contribution is 0.0471. The van der Waals surface area contributed by atoms with Gasteiger partial charge in [0.2, 0.25) is 0 Å². The first kappa shape index (κ1) is 13.1. The third-order valence-corrected chi connectivity index (χ3v) is 2.73. The molecule has 0 unspecified atom stereocenters. The first-order valence-corrected chi connectivity index (χ1v) is 5.78. The topological polar surface area (TPSA) is 46.5 Å². The van der Waals surface area contributed by atoms with Crippen molar-refractivity contribution >= 4 is 5.97 Å². The number of benzene rings is 2. The van der Waals surface area contributed by atoms with Gasteiger partial charge in [0.1, 0.15) is 6.61 Å². The van der Waals surface area contributed by atoms with E-state index >= 15 is 0 Å². The molecule has 0 heterocycles. The largest absolute Gasteiger partial charge is 0.505 e. The van der Waals surface area contributed by atoms with Crippen LogP contribution in [0.2, 0.25) is 0 Å². The Hall–Kier alpha value is -2.36. The summed E-state index contributed by atoms with van der Waals surface area (Å²) in [6.45, 7) is 1.72. The lowest BCUT2D eigenvalue weighted by Gasteiger charge is -2.08. The third-order valence-electron chi connectivity index (χ3n) is 2.73. The highest BCUT2D eigenvalue weighted by molar-refractivity contribution is 5.91. The van der Waals surface area contributed by atoms with E-state index in [4.69, 9.17) is 4.74 Å². The summed E-state index contributed by atoms with van der Waals surface area (Å²) in [6, 6.07) is 11.4. The molecule has 19 heavy (non-hydrogen) atoms. The van der Waals surface area contributed by atoms with Gasteiger partial charge in [-0.15, -0.1) is 0 Å². The van der Waals surface area contributed by atoms with Gasteiger partial charge in [-0.05, 0) is 30.2 Å². The van der Waals surface area contributed by atoms with Crippen molar-refractivity contribution in [1.82, 2.24) is 0 Å². The highest BCUT2D eigenvalue weighted by Crippen LogP contribution is 2.21. The van der Waals surface area contributed by atoms with E-state index in [2.05, 4.69) is 0 Å². The number of phenols is 1. The van der Waals surface area contributed by atoms with E-state index in [9.17, 15) is 14.3 Å². The Bertz CT molecular complexity index is 594. The van der Waals surface area contributed by atoms with Crippen LogP contribution in [-0.2, 0) is 11.3 Å². The fourth-order valence-corrected chi connectivity index (χ4v) is 1.68. The van der Waals surface area contributed by atoms with Crippen molar-refractivity contribution in [3.8, 4) is 5.75 Å². The molecule has 0 saturated carbocycles. The summed E-state index contributed by atoms with van der Waals surface area (Å²) in [5, 5.41) is 9.28. The zero-order valence-electron chi connectivity index (χ0n) is 10.4. The Morgan fingerprint density at radius 3 is 2.63 bits per heavy atom. The van der Waals surface area contributed by atoms with E-state index in [1.807, 2.05) is 30.3 Å². The van der Waals surface area contributed by atoms with Crippen LogP contribution in [0.3, 0.4) is 0 Å². The van der Waals surface area contributed by atoms with Crippen molar-refractivity contribution in [2.75, 3.05) is 0 Å². The molecule has 98 valence electrons. The summed E-state index contributed by atoms with van der Waals surface area (Å²) < 4.78 is 18.2. The third kappa shape index (κ3) is 3.10. The number of halogens is 1. The molecule has 0 saturated heterocycles. The minimum atomic E-state index is -0.753.